The van der Waals surface area contributed by atoms with E-state index in [0.717, 1.165) is 5.56 Å². The van der Waals surface area contributed by atoms with Gasteiger partial charge < -0.3 is 20.1 Å². The fourth-order valence-electron chi connectivity index (χ4n) is 6.27. The number of benzene rings is 2. The molecule has 1 fully saturated rings. The predicted octanol–water partition coefficient (Wildman–Crippen LogP) is 5.44. The number of nitrogens with two attached hydrogens (primary N) is 1. The van der Waals surface area contributed by atoms with Crippen molar-refractivity contribution in [3.8, 4) is 22.6 Å². The minimum absolute atomic E-state index is 0.0648. The average Bonchev–Trinajstić information content (AvgIpc) is 3.48. The highest BCUT2D eigenvalue weighted by Gasteiger charge is 2.78. The maximum Gasteiger partial charge on any atom is 0.270 e. The third kappa shape index (κ3) is 4.05. The van der Waals surface area contributed by atoms with E-state index < -0.39 is 17.0 Å². The summed E-state index contributed by atoms with van der Waals surface area (Å²) in [5.74, 6) is 0.143. The van der Waals surface area contributed by atoms with Gasteiger partial charge in [0.25, 0.3) is 11.8 Å². The van der Waals surface area contributed by atoms with Gasteiger partial charge in [-0.05, 0) is 57.5 Å². The number of methoxy groups -OCH3 is 1. The number of hydrazone groups is 1. The van der Waals surface area contributed by atoms with E-state index in [1.54, 1.807) is 43.5 Å². The van der Waals surface area contributed by atoms with Crippen molar-refractivity contribution >= 4 is 46.4 Å². The predicted molar refractivity (Wildman–Crippen MR) is 163 cm³/mol. The summed E-state index contributed by atoms with van der Waals surface area (Å²) in [7, 11) is 3.37. The Balaban J connectivity index is 1.58. The van der Waals surface area contributed by atoms with Crippen molar-refractivity contribution in [2.75, 3.05) is 25.8 Å². The molecule has 2 aliphatic heterocycles. The molecule has 218 valence electrons. The summed E-state index contributed by atoms with van der Waals surface area (Å²) in [6.07, 6.45) is 3.14. The molecule has 3 aromatic rings. The van der Waals surface area contributed by atoms with Gasteiger partial charge in [-0.1, -0.05) is 23.2 Å². The van der Waals surface area contributed by atoms with Crippen LogP contribution in [0, 0.1) is 18.8 Å². The van der Waals surface area contributed by atoms with Gasteiger partial charge in [-0.15, -0.1) is 0 Å². The SMILES string of the molecule is COc1cc2c(cc1-c1cncc(C(N)=O)c1C)C13C(CO2)[C@H]1C(C(=O)N(C)C(C)(C)C)=NN3c1cc(Cl)cc(Cl)c1. The number of amides is 2. The Morgan fingerprint density at radius 3 is 2.43 bits per heavy atom. The van der Waals surface area contributed by atoms with E-state index in [1.807, 2.05) is 44.8 Å². The largest absolute Gasteiger partial charge is 0.496 e. The topological polar surface area (TPSA) is 110 Å². The lowest BCUT2D eigenvalue weighted by Gasteiger charge is -2.34. The maximum atomic E-state index is 13.9. The number of carbonyl (C=O) groups excluding carboxylic acids is 2. The van der Waals surface area contributed by atoms with Crippen molar-refractivity contribution in [3.05, 3.63) is 69.5 Å². The van der Waals surface area contributed by atoms with E-state index >= 15 is 0 Å². The zero-order chi connectivity index (χ0) is 30.3. The molecular formula is C31H31Cl2N5O4. The van der Waals surface area contributed by atoms with Crippen LogP contribution in [0.25, 0.3) is 11.1 Å². The molecular weight excluding hydrogens is 577 g/mol. The summed E-state index contributed by atoms with van der Waals surface area (Å²) in [5.41, 5.74) is 8.86. The quantitative estimate of drug-likeness (QED) is 0.413. The number of halogens is 2. The lowest BCUT2D eigenvalue weighted by molar-refractivity contribution is -0.127. The van der Waals surface area contributed by atoms with Gasteiger partial charge in [0.15, 0.2) is 0 Å². The van der Waals surface area contributed by atoms with E-state index in [-0.39, 0.29) is 17.7 Å². The number of pyridine rings is 1. The minimum Gasteiger partial charge on any atom is -0.496 e. The van der Waals surface area contributed by atoms with Crippen molar-refractivity contribution in [1.29, 1.82) is 0 Å². The molecule has 2 unspecified atom stereocenters. The second-order valence-corrected chi connectivity index (χ2v) is 12.8. The molecule has 2 N–H and O–H groups in total. The highest BCUT2D eigenvalue weighted by atomic mass is 35.5. The Hall–Kier alpha value is -3.82. The number of ether oxygens (including phenoxy) is 2. The van der Waals surface area contributed by atoms with Gasteiger partial charge in [-0.2, -0.15) is 5.10 Å². The standard InChI is InChI=1S/C31H31Cl2N5O4/c1-15-20(12-35-13-21(15)28(34)39)19-10-22-25(11-24(19)41-6)42-14-23-26-27(29(40)37(5)30(2,3)4)36-38(31(22,23)26)18-8-16(32)7-17(33)9-18/h7-13,23,26H,14H2,1-6H3,(H2,34,39)/t23?,26-,31?/m0/s1. The Kier molecular flexibility index (Phi) is 6.47. The van der Waals surface area contributed by atoms with Gasteiger partial charge in [0, 0.05) is 69.6 Å². The first-order valence-electron chi connectivity index (χ1n) is 13.5. The van der Waals surface area contributed by atoms with Crippen LogP contribution >= 0.6 is 23.2 Å². The molecule has 0 saturated heterocycles. The molecule has 11 heteroatoms. The molecule has 6 rings (SSSR count). The van der Waals surface area contributed by atoms with Crippen molar-refractivity contribution in [1.82, 2.24) is 9.88 Å². The van der Waals surface area contributed by atoms with E-state index in [4.69, 9.17) is 43.5 Å². The fraction of sp³-hybridized carbons (Fsp3) is 0.355. The van der Waals surface area contributed by atoms with Crippen LogP contribution in [-0.2, 0) is 10.3 Å². The summed E-state index contributed by atoms with van der Waals surface area (Å²) in [6, 6.07) is 9.08. The van der Waals surface area contributed by atoms with Crippen LogP contribution in [-0.4, -0.2) is 53.7 Å². The van der Waals surface area contributed by atoms with E-state index in [0.29, 0.717) is 61.8 Å². The number of nitrogens with zero attached hydrogens (tertiary/aromatic N) is 4. The molecule has 9 nitrogen and oxygen atoms in total. The van der Waals surface area contributed by atoms with Crippen LogP contribution in [0.4, 0.5) is 5.69 Å². The Morgan fingerprint density at radius 2 is 1.81 bits per heavy atom. The molecule has 0 bridgehead atoms. The number of rotatable bonds is 5. The van der Waals surface area contributed by atoms with Crippen molar-refractivity contribution < 1.29 is 19.1 Å². The van der Waals surface area contributed by atoms with Gasteiger partial charge >= 0.3 is 0 Å². The van der Waals surface area contributed by atoms with Crippen molar-refractivity contribution in [2.45, 2.75) is 38.8 Å². The highest BCUT2D eigenvalue weighted by Crippen LogP contribution is 2.70. The fourth-order valence-corrected chi connectivity index (χ4v) is 6.79. The van der Waals surface area contributed by atoms with Crippen LogP contribution in [0.5, 0.6) is 11.5 Å². The molecule has 3 atom stereocenters. The summed E-state index contributed by atoms with van der Waals surface area (Å²) in [6.45, 7) is 8.16. The summed E-state index contributed by atoms with van der Waals surface area (Å²) in [4.78, 5) is 32.1. The second-order valence-electron chi connectivity index (χ2n) is 12.0. The molecule has 1 saturated carbocycles. The van der Waals surface area contributed by atoms with E-state index in [1.165, 1.54) is 6.20 Å². The molecule has 1 aromatic heterocycles. The van der Waals surface area contributed by atoms with E-state index in [9.17, 15) is 9.59 Å². The average molecular weight is 609 g/mol. The third-order valence-corrected chi connectivity index (χ3v) is 9.17. The lowest BCUT2D eigenvalue weighted by Crippen LogP contribution is -2.46. The Morgan fingerprint density at radius 1 is 1.12 bits per heavy atom. The van der Waals surface area contributed by atoms with Crippen LogP contribution in [0.1, 0.15) is 42.3 Å². The van der Waals surface area contributed by atoms with Crippen LogP contribution < -0.4 is 20.2 Å². The van der Waals surface area contributed by atoms with Crippen molar-refractivity contribution in [2.24, 2.45) is 22.7 Å². The number of hydrogen-bond donors (Lipinski definition) is 1. The monoisotopic (exact) mass is 607 g/mol. The molecule has 3 aliphatic rings. The molecule has 2 amide bonds. The first-order chi connectivity index (χ1) is 19.8. The molecule has 3 heterocycles. The highest BCUT2D eigenvalue weighted by molar-refractivity contribution is 6.42. The maximum absolute atomic E-state index is 13.9. The normalized spacial score (nSPS) is 21.9. The zero-order valence-electron chi connectivity index (χ0n) is 24.2. The number of anilines is 1. The first kappa shape index (κ1) is 28.3. The third-order valence-electron chi connectivity index (χ3n) is 8.73. The minimum atomic E-state index is -0.727. The number of hydrogen-bond acceptors (Lipinski definition) is 7. The summed E-state index contributed by atoms with van der Waals surface area (Å²) >= 11 is 12.9. The van der Waals surface area contributed by atoms with Crippen LogP contribution in [0.15, 0.2) is 47.8 Å². The summed E-state index contributed by atoms with van der Waals surface area (Å²) < 4.78 is 12.1. The number of carbonyl (C=O) groups is 2. The number of primary amides is 1. The number of fused-ring (bicyclic) bond motifs is 2. The van der Waals surface area contributed by atoms with Crippen LogP contribution in [0.3, 0.4) is 0 Å². The molecule has 42 heavy (non-hydrogen) atoms. The zero-order valence-corrected chi connectivity index (χ0v) is 25.7. The number of aromatic nitrogens is 1. The van der Waals surface area contributed by atoms with Crippen molar-refractivity contribution in [3.63, 3.8) is 0 Å². The van der Waals surface area contributed by atoms with E-state index in [2.05, 4.69) is 4.98 Å². The lowest BCUT2D eigenvalue weighted by atomic mass is 9.90. The van der Waals surface area contributed by atoms with Gasteiger partial charge in [-0.3, -0.25) is 19.6 Å². The smallest absolute Gasteiger partial charge is 0.270 e. The molecule has 0 radical (unpaired) electrons. The van der Waals surface area contributed by atoms with Gasteiger partial charge in [-0.25, -0.2) is 0 Å². The summed E-state index contributed by atoms with van der Waals surface area (Å²) in [5, 5.41) is 7.75. The molecule has 1 aliphatic carbocycles. The molecule has 2 aromatic carbocycles. The Labute approximate surface area is 254 Å². The van der Waals surface area contributed by atoms with Gasteiger partial charge in [0.05, 0.1) is 25.0 Å². The second kappa shape index (κ2) is 9.61. The first-order valence-corrected chi connectivity index (χ1v) is 14.3. The Bertz CT molecular complexity index is 1680. The molecule has 1 spiro atoms. The van der Waals surface area contributed by atoms with Gasteiger partial charge in [0.1, 0.15) is 22.7 Å². The van der Waals surface area contributed by atoms with Gasteiger partial charge in [0.2, 0.25) is 0 Å². The van der Waals surface area contributed by atoms with Crippen LogP contribution in [0.2, 0.25) is 10.0 Å².